The minimum atomic E-state index is 0.858. The van der Waals surface area contributed by atoms with E-state index < -0.39 is 0 Å². The van der Waals surface area contributed by atoms with Crippen LogP contribution in [-0.4, -0.2) is 42.0 Å². The molecule has 0 atom stereocenters. The van der Waals surface area contributed by atoms with Gasteiger partial charge in [0.25, 0.3) is 0 Å². The number of nitrogens with zero attached hydrogens (tertiary/aromatic N) is 2. The summed E-state index contributed by atoms with van der Waals surface area (Å²) in [5.74, 6) is 0. The third kappa shape index (κ3) is 9.22. The SMILES string of the molecule is c1ccc(CN2CCCCCCN(C3CCCCCCCCCC3)CCC2)cc1. The van der Waals surface area contributed by atoms with Crippen LogP contribution in [0.1, 0.15) is 102 Å². The molecule has 1 aromatic carbocycles. The van der Waals surface area contributed by atoms with Gasteiger partial charge in [-0.2, -0.15) is 0 Å². The summed E-state index contributed by atoms with van der Waals surface area (Å²) in [6.07, 6.45) is 21.6. The zero-order valence-corrected chi connectivity index (χ0v) is 19.0. The highest BCUT2D eigenvalue weighted by Crippen LogP contribution is 2.22. The van der Waals surface area contributed by atoms with Crippen molar-refractivity contribution in [3.8, 4) is 0 Å². The number of benzene rings is 1. The van der Waals surface area contributed by atoms with E-state index in [0.717, 1.165) is 12.6 Å². The van der Waals surface area contributed by atoms with Gasteiger partial charge in [0.2, 0.25) is 0 Å². The fourth-order valence-electron chi connectivity index (χ4n) is 5.42. The molecule has 0 unspecified atom stereocenters. The Morgan fingerprint density at radius 2 is 1.07 bits per heavy atom. The fourth-order valence-corrected chi connectivity index (χ4v) is 5.42. The first-order valence-corrected chi connectivity index (χ1v) is 12.9. The molecule has 2 aliphatic rings. The minimum absolute atomic E-state index is 0.858. The Morgan fingerprint density at radius 3 is 1.76 bits per heavy atom. The normalized spacial score (nSPS) is 23.7. The molecular weight excluding hydrogens is 352 g/mol. The third-order valence-corrected chi connectivity index (χ3v) is 7.18. The Bertz CT molecular complexity index is 503. The molecule has 2 nitrogen and oxygen atoms in total. The van der Waals surface area contributed by atoms with Crippen molar-refractivity contribution >= 4 is 0 Å². The van der Waals surface area contributed by atoms with Gasteiger partial charge >= 0.3 is 0 Å². The quantitative estimate of drug-likeness (QED) is 0.539. The van der Waals surface area contributed by atoms with Crippen LogP contribution in [0.2, 0.25) is 0 Å². The van der Waals surface area contributed by atoms with Crippen molar-refractivity contribution in [3.05, 3.63) is 35.9 Å². The predicted molar refractivity (Wildman–Crippen MR) is 126 cm³/mol. The van der Waals surface area contributed by atoms with E-state index in [1.807, 2.05) is 0 Å². The van der Waals surface area contributed by atoms with Gasteiger partial charge in [-0.25, -0.2) is 0 Å². The van der Waals surface area contributed by atoms with Gasteiger partial charge in [0.1, 0.15) is 0 Å². The number of rotatable bonds is 3. The van der Waals surface area contributed by atoms with E-state index >= 15 is 0 Å². The minimum Gasteiger partial charge on any atom is -0.300 e. The summed E-state index contributed by atoms with van der Waals surface area (Å²) in [6, 6.07) is 11.9. The molecule has 0 aromatic heterocycles. The number of hydrogen-bond acceptors (Lipinski definition) is 2. The molecule has 1 aliphatic heterocycles. The van der Waals surface area contributed by atoms with Crippen LogP contribution < -0.4 is 0 Å². The smallest absolute Gasteiger partial charge is 0.0233 e. The lowest BCUT2D eigenvalue weighted by atomic mass is 10.00. The van der Waals surface area contributed by atoms with Crippen LogP contribution in [0.5, 0.6) is 0 Å². The third-order valence-electron chi connectivity index (χ3n) is 7.18. The van der Waals surface area contributed by atoms with Crippen molar-refractivity contribution in [2.24, 2.45) is 0 Å². The predicted octanol–water partition coefficient (Wildman–Crippen LogP) is 7.04. The molecule has 1 aliphatic carbocycles. The summed E-state index contributed by atoms with van der Waals surface area (Å²) in [5.41, 5.74) is 1.47. The van der Waals surface area contributed by atoms with Crippen LogP contribution in [0.4, 0.5) is 0 Å². The van der Waals surface area contributed by atoms with Gasteiger partial charge in [-0.3, -0.25) is 4.90 Å². The first-order chi connectivity index (χ1) is 14.4. The molecule has 164 valence electrons. The van der Waals surface area contributed by atoms with E-state index in [9.17, 15) is 0 Å². The summed E-state index contributed by atoms with van der Waals surface area (Å²) in [5, 5.41) is 0. The zero-order chi connectivity index (χ0) is 20.0. The molecule has 3 rings (SSSR count). The lowest BCUT2D eigenvalue weighted by molar-refractivity contribution is 0.157. The van der Waals surface area contributed by atoms with E-state index in [2.05, 4.69) is 40.1 Å². The highest BCUT2D eigenvalue weighted by Gasteiger charge is 2.19. The molecule has 0 radical (unpaired) electrons. The van der Waals surface area contributed by atoms with Gasteiger partial charge in [-0.1, -0.05) is 94.5 Å². The van der Waals surface area contributed by atoms with E-state index in [4.69, 9.17) is 0 Å². The maximum atomic E-state index is 2.92. The average Bonchev–Trinajstić information content (AvgIpc) is 2.84. The van der Waals surface area contributed by atoms with E-state index in [1.165, 1.54) is 128 Å². The van der Waals surface area contributed by atoms with Crippen molar-refractivity contribution in [1.82, 2.24) is 9.80 Å². The molecule has 1 aromatic rings. The Hall–Kier alpha value is -0.860. The highest BCUT2D eigenvalue weighted by atomic mass is 15.2. The molecule has 0 spiro atoms. The topological polar surface area (TPSA) is 6.48 Å². The second kappa shape index (κ2) is 14.2. The van der Waals surface area contributed by atoms with E-state index in [1.54, 1.807) is 0 Å². The zero-order valence-electron chi connectivity index (χ0n) is 19.0. The van der Waals surface area contributed by atoms with Crippen molar-refractivity contribution in [3.63, 3.8) is 0 Å². The van der Waals surface area contributed by atoms with Crippen LogP contribution in [0.3, 0.4) is 0 Å². The summed E-state index contributed by atoms with van der Waals surface area (Å²) >= 11 is 0. The molecule has 0 bridgehead atoms. The largest absolute Gasteiger partial charge is 0.300 e. The van der Waals surface area contributed by atoms with Crippen molar-refractivity contribution in [2.75, 3.05) is 26.2 Å². The molecule has 2 fully saturated rings. The Kier molecular flexibility index (Phi) is 11.2. The molecule has 1 saturated carbocycles. The second-order valence-corrected chi connectivity index (χ2v) is 9.63. The van der Waals surface area contributed by atoms with Gasteiger partial charge in [0.05, 0.1) is 0 Å². The van der Waals surface area contributed by atoms with E-state index in [-0.39, 0.29) is 0 Å². The van der Waals surface area contributed by atoms with Gasteiger partial charge in [0, 0.05) is 12.6 Å². The van der Waals surface area contributed by atoms with Crippen molar-refractivity contribution < 1.29 is 0 Å². The summed E-state index contributed by atoms with van der Waals surface area (Å²) < 4.78 is 0. The lowest BCUT2D eigenvalue weighted by Gasteiger charge is -2.33. The van der Waals surface area contributed by atoms with Gasteiger partial charge in [0.15, 0.2) is 0 Å². The summed E-state index contributed by atoms with van der Waals surface area (Å²) in [7, 11) is 0. The molecule has 29 heavy (non-hydrogen) atoms. The Labute approximate surface area is 181 Å². The highest BCUT2D eigenvalue weighted by molar-refractivity contribution is 5.14. The van der Waals surface area contributed by atoms with E-state index in [0.29, 0.717) is 0 Å². The maximum absolute atomic E-state index is 2.92. The monoisotopic (exact) mass is 398 g/mol. The van der Waals surface area contributed by atoms with Gasteiger partial charge in [-0.15, -0.1) is 0 Å². The molecule has 0 N–H and O–H groups in total. The molecule has 1 saturated heterocycles. The van der Waals surface area contributed by atoms with Crippen LogP contribution >= 0.6 is 0 Å². The first kappa shape index (κ1) is 22.8. The average molecular weight is 399 g/mol. The number of hydrogen-bond donors (Lipinski definition) is 0. The maximum Gasteiger partial charge on any atom is 0.0233 e. The first-order valence-electron chi connectivity index (χ1n) is 12.9. The van der Waals surface area contributed by atoms with Gasteiger partial charge < -0.3 is 4.90 Å². The fraction of sp³-hybridized carbons (Fsp3) is 0.778. The van der Waals surface area contributed by atoms with Crippen molar-refractivity contribution in [2.45, 2.75) is 109 Å². The van der Waals surface area contributed by atoms with Crippen molar-refractivity contribution in [1.29, 1.82) is 0 Å². The van der Waals surface area contributed by atoms with Crippen LogP contribution in [0.15, 0.2) is 30.3 Å². The lowest BCUT2D eigenvalue weighted by Crippen LogP contribution is -2.38. The summed E-state index contributed by atoms with van der Waals surface area (Å²) in [4.78, 5) is 5.64. The Morgan fingerprint density at radius 1 is 0.552 bits per heavy atom. The van der Waals surface area contributed by atoms with Crippen LogP contribution in [0.25, 0.3) is 0 Å². The van der Waals surface area contributed by atoms with Crippen LogP contribution in [0, 0.1) is 0 Å². The standard InChI is InChI=1S/C27H46N2/c1-2-4-6-13-20-27(19-12-5-3-1)29-23-15-8-7-14-21-28(22-16-24-29)25-26-17-10-9-11-18-26/h9-11,17-18,27H,1-8,12-16,19-25H2. The molecular formula is C27H46N2. The Balaban J connectivity index is 1.54. The van der Waals surface area contributed by atoms with Crippen LogP contribution in [-0.2, 0) is 6.54 Å². The molecule has 2 heteroatoms. The second-order valence-electron chi connectivity index (χ2n) is 9.63. The molecule has 1 heterocycles. The molecule has 0 amide bonds. The van der Waals surface area contributed by atoms with Gasteiger partial charge in [-0.05, 0) is 63.8 Å². The summed E-state index contributed by atoms with van der Waals surface area (Å²) in [6.45, 7) is 6.33.